The maximum atomic E-state index is 11.5. The molecule has 0 radical (unpaired) electrons. The van der Waals surface area contributed by atoms with Crippen molar-refractivity contribution in [2.45, 2.75) is 26.3 Å². The van der Waals surface area contributed by atoms with Gasteiger partial charge < -0.3 is 0 Å². The Labute approximate surface area is 89.5 Å². The van der Waals surface area contributed by atoms with Gasteiger partial charge in [-0.05, 0) is 19.8 Å². The third-order valence-electron chi connectivity index (χ3n) is 2.80. The van der Waals surface area contributed by atoms with E-state index in [1.54, 1.807) is 0 Å². The Morgan fingerprint density at radius 3 is 2.87 bits per heavy atom. The van der Waals surface area contributed by atoms with Gasteiger partial charge in [0, 0.05) is 24.3 Å². The number of hydrogen-bond acceptors (Lipinski definition) is 3. The molecule has 2 rings (SSSR count). The van der Waals surface area contributed by atoms with Gasteiger partial charge in [-0.3, -0.25) is 5.10 Å². The van der Waals surface area contributed by atoms with E-state index in [0.717, 1.165) is 29.8 Å². The first-order valence-corrected chi connectivity index (χ1v) is 6.81. The lowest BCUT2D eigenvalue weighted by Gasteiger charge is -2.16. The van der Waals surface area contributed by atoms with Gasteiger partial charge in [-0.25, -0.2) is 8.42 Å². The Kier molecular flexibility index (Phi) is 2.56. The SMILES string of the molecule is Cc1n[nH]c2c1CN(S(C)(=O)=O)CCC2. The van der Waals surface area contributed by atoms with Gasteiger partial charge in [0.05, 0.1) is 11.9 Å². The number of nitrogens with one attached hydrogen (secondary N) is 1. The van der Waals surface area contributed by atoms with E-state index in [1.165, 1.54) is 10.6 Å². The van der Waals surface area contributed by atoms with Crippen molar-refractivity contribution in [2.24, 2.45) is 0 Å². The van der Waals surface area contributed by atoms with Crippen LogP contribution in [0.1, 0.15) is 23.4 Å². The molecule has 1 aromatic heterocycles. The standard InChI is InChI=1S/C9H15N3O2S/c1-7-8-6-12(15(2,13)14)5-3-4-9(8)11-10-7/h3-6H2,1-2H3,(H,10,11). The van der Waals surface area contributed by atoms with Crippen LogP contribution in [0.15, 0.2) is 0 Å². The number of aryl methyl sites for hydroxylation is 2. The minimum absolute atomic E-state index is 0.455. The quantitative estimate of drug-likeness (QED) is 0.759. The summed E-state index contributed by atoms with van der Waals surface area (Å²) in [6.45, 7) is 2.96. The van der Waals surface area contributed by atoms with Crippen LogP contribution in [0.3, 0.4) is 0 Å². The van der Waals surface area contributed by atoms with Crippen LogP contribution < -0.4 is 0 Å². The van der Waals surface area contributed by atoms with Crippen molar-refractivity contribution in [3.8, 4) is 0 Å². The Hall–Kier alpha value is -0.880. The van der Waals surface area contributed by atoms with Crippen LogP contribution in [0.25, 0.3) is 0 Å². The summed E-state index contributed by atoms with van der Waals surface area (Å²) >= 11 is 0. The second-order valence-electron chi connectivity index (χ2n) is 3.97. The normalized spacial score (nSPS) is 18.5. The summed E-state index contributed by atoms with van der Waals surface area (Å²) in [6, 6.07) is 0. The van der Waals surface area contributed by atoms with Crippen molar-refractivity contribution in [3.05, 3.63) is 17.0 Å². The van der Waals surface area contributed by atoms with E-state index >= 15 is 0 Å². The molecule has 0 fully saturated rings. The molecule has 1 aliphatic heterocycles. The average molecular weight is 229 g/mol. The van der Waals surface area contributed by atoms with Crippen LogP contribution in [0, 0.1) is 6.92 Å². The number of nitrogens with zero attached hydrogens (tertiary/aromatic N) is 2. The van der Waals surface area contributed by atoms with Crippen molar-refractivity contribution in [3.63, 3.8) is 0 Å². The van der Waals surface area contributed by atoms with Gasteiger partial charge in [0.25, 0.3) is 0 Å². The summed E-state index contributed by atoms with van der Waals surface area (Å²) in [5.74, 6) is 0. The Bertz CT molecular complexity index is 464. The highest BCUT2D eigenvalue weighted by Crippen LogP contribution is 2.20. The summed E-state index contributed by atoms with van der Waals surface area (Å²) < 4.78 is 24.5. The van der Waals surface area contributed by atoms with E-state index in [-0.39, 0.29) is 0 Å². The predicted molar refractivity (Wildman–Crippen MR) is 56.9 cm³/mol. The number of hydrogen-bond donors (Lipinski definition) is 1. The van der Waals surface area contributed by atoms with Crippen molar-refractivity contribution < 1.29 is 8.42 Å². The molecule has 0 aromatic carbocycles. The van der Waals surface area contributed by atoms with Crippen molar-refractivity contribution in [2.75, 3.05) is 12.8 Å². The predicted octanol–water partition coefficient (Wildman–Crippen LogP) is 0.426. The molecule has 0 atom stereocenters. The minimum atomic E-state index is -3.09. The lowest BCUT2D eigenvalue weighted by molar-refractivity contribution is 0.413. The third kappa shape index (κ3) is 2.05. The monoisotopic (exact) mass is 229 g/mol. The highest BCUT2D eigenvalue weighted by atomic mass is 32.2. The molecule has 1 N–H and O–H groups in total. The molecular weight excluding hydrogens is 214 g/mol. The molecule has 2 heterocycles. The lowest BCUT2D eigenvalue weighted by Crippen LogP contribution is -2.29. The summed E-state index contributed by atoms with van der Waals surface area (Å²) in [4.78, 5) is 0. The topological polar surface area (TPSA) is 66.1 Å². The molecule has 0 saturated carbocycles. The summed E-state index contributed by atoms with van der Waals surface area (Å²) in [6.07, 6.45) is 2.98. The molecule has 1 aromatic rings. The number of rotatable bonds is 1. The first-order valence-electron chi connectivity index (χ1n) is 4.96. The summed E-state index contributed by atoms with van der Waals surface area (Å²) in [5, 5.41) is 7.08. The first-order chi connectivity index (χ1) is 6.98. The number of fused-ring (bicyclic) bond motifs is 1. The smallest absolute Gasteiger partial charge is 0.211 e. The largest absolute Gasteiger partial charge is 0.282 e. The van der Waals surface area contributed by atoms with E-state index < -0.39 is 10.0 Å². The number of H-pyrrole nitrogens is 1. The average Bonchev–Trinajstić information content (AvgIpc) is 2.38. The molecule has 6 heteroatoms. The van der Waals surface area contributed by atoms with Gasteiger partial charge in [-0.15, -0.1) is 0 Å². The van der Waals surface area contributed by atoms with Gasteiger partial charge in [0.1, 0.15) is 0 Å². The molecule has 84 valence electrons. The zero-order chi connectivity index (χ0) is 11.1. The van der Waals surface area contributed by atoms with E-state index in [9.17, 15) is 8.42 Å². The van der Waals surface area contributed by atoms with Gasteiger partial charge in [-0.1, -0.05) is 0 Å². The maximum Gasteiger partial charge on any atom is 0.211 e. The van der Waals surface area contributed by atoms with E-state index in [0.29, 0.717) is 13.1 Å². The van der Waals surface area contributed by atoms with Crippen molar-refractivity contribution in [1.82, 2.24) is 14.5 Å². The molecule has 0 amide bonds. The fourth-order valence-corrected chi connectivity index (χ4v) is 2.72. The van der Waals surface area contributed by atoms with Gasteiger partial charge >= 0.3 is 0 Å². The van der Waals surface area contributed by atoms with Crippen LogP contribution in [0.4, 0.5) is 0 Å². The lowest BCUT2D eigenvalue weighted by atomic mass is 10.1. The Morgan fingerprint density at radius 1 is 1.47 bits per heavy atom. The van der Waals surface area contributed by atoms with Gasteiger partial charge in [0.15, 0.2) is 0 Å². The number of sulfonamides is 1. The van der Waals surface area contributed by atoms with Crippen molar-refractivity contribution in [1.29, 1.82) is 0 Å². The highest BCUT2D eigenvalue weighted by Gasteiger charge is 2.23. The fourth-order valence-electron chi connectivity index (χ4n) is 1.89. The van der Waals surface area contributed by atoms with E-state index in [1.807, 2.05) is 6.92 Å². The highest BCUT2D eigenvalue weighted by molar-refractivity contribution is 7.88. The second kappa shape index (κ2) is 3.61. The van der Waals surface area contributed by atoms with Crippen LogP contribution in [-0.4, -0.2) is 35.7 Å². The second-order valence-corrected chi connectivity index (χ2v) is 5.95. The number of aromatic amines is 1. The molecule has 5 nitrogen and oxygen atoms in total. The Morgan fingerprint density at radius 2 is 2.20 bits per heavy atom. The first kappa shape index (κ1) is 10.6. The molecule has 0 saturated heterocycles. The van der Waals surface area contributed by atoms with Gasteiger partial charge in [-0.2, -0.15) is 9.40 Å². The minimum Gasteiger partial charge on any atom is -0.282 e. The molecule has 0 bridgehead atoms. The molecular formula is C9H15N3O2S. The molecule has 15 heavy (non-hydrogen) atoms. The zero-order valence-electron chi connectivity index (χ0n) is 8.95. The maximum absolute atomic E-state index is 11.5. The van der Waals surface area contributed by atoms with Crippen molar-refractivity contribution >= 4 is 10.0 Å². The number of aromatic nitrogens is 2. The third-order valence-corrected chi connectivity index (χ3v) is 4.05. The summed E-state index contributed by atoms with van der Waals surface area (Å²) in [7, 11) is -3.09. The Balaban J connectivity index is 2.35. The summed E-state index contributed by atoms with van der Waals surface area (Å²) in [5.41, 5.74) is 3.03. The molecule has 0 unspecified atom stereocenters. The molecule has 0 spiro atoms. The van der Waals surface area contributed by atoms with E-state index in [2.05, 4.69) is 10.2 Å². The molecule has 0 aliphatic carbocycles. The molecule has 1 aliphatic rings. The zero-order valence-corrected chi connectivity index (χ0v) is 9.76. The van der Waals surface area contributed by atoms with Crippen LogP contribution >= 0.6 is 0 Å². The van der Waals surface area contributed by atoms with Crippen LogP contribution in [-0.2, 0) is 23.0 Å². The van der Waals surface area contributed by atoms with Crippen LogP contribution in [0.2, 0.25) is 0 Å². The van der Waals surface area contributed by atoms with Gasteiger partial charge in [0.2, 0.25) is 10.0 Å². The fraction of sp³-hybridized carbons (Fsp3) is 0.667. The van der Waals surface area contributed by atoms with E-state index in [4.69, 9.17) is 0 Å². The van der Waals surface area contributed by atoms with Crippen LogP contribution in [0.5, 0.6) is 0 Å².